The van der Waals surface area contributed by atoms with Crippen LogP contribution in [0.1, 0.15) is 18.1 Å². The molecule has 1 unspecified atom stereocenters. The van der Waals surface area contributed by atoms with Gasteiger partial charge in [0.1, 0.15) is 0 Å². The zero-order chi connectivity index (χ0) is 9.52. The lowest BCUT2D eigenvalue weighted by atomic mass is 10.1. The van der Waals surface area contributed by atoms with Crippen molar-refractivity contribution in [2.24, 2.45) is 0 Å². The zero-order valence-electron chi connectivity index (χ0n) is 8.19. The van der Waals surface area contributed by atoms with E-state index >= 15 is 0 Å². The average molecular weight is 196 g/mol. The molecule has 0 aromatic heterocycles. The molecule has 2 heteroatoms. The Morgan fingerprint density at radius 3 is 2.54 bits per heavy atom. The highest BCUT2D eigenvalue weighted by atomic mass is 32.2. The van der Waals surface area contributed by atoms with E-state index in [1.165, 1.54) is 5.56 Å². The molecule has 0 bridgehead atoms. The van der Waals surface area contributed by atoms with Crippen molar-refractivity contribution in [3.8, 4) is 0 Å². The first-order valence-corrected chi connectivity index (χ1v) is 5.84. The fourth-order valence-electron chi connectivity index (χ4n) is 1.31. The smallest absolute Gasteiger partial charge is 0.0829 e. The van der Waals surface area contributed by atoms with E-state index in [1.807, 2.05) is 17.8 Å². The monoisotopic (exact) mass is 196 g/mol. The maximum atomic E-state index is 5.43. The van der Waals surface area contributed by atoms with Crippen LogP contribution in [0.5, 0.6) is 0 Å². The molecule has 0 aliphatic carbocycles. The molecule has 0 saturated heterocycles. The summed E-state index contributed by atoms with van der Waals surface area (Å²) in [5, 5.41) is 0. The Bertz CT molecular complexity index is 223. The fraction of sp³-hybridized carbons (Fsp3) is 0.455. The number of benzene rings is 1. The van der Waals surface area contributed by atoms with E-state index in [0.29, 0.717) is 0 Å². The molecule has 1 aromatic rings. The second kappa shape index (κ2) is 6.06. The van der Waals surface area contributed by atoms with Crippen molar-refractivity contribution in [1.29, 1.82) is 0 Å². The van der Waals surface area contributed by atoms with Gasteiger partial charge in [-0.3, -0.25) is 0 Å². The Hall–Kier alpha value is -0.470. The lowest BCUT2D eigenvalue weighted by Crippen LogP contribution is -2.02. The molecule has 1 atom stereocenters. The van der Waals surface area contributed by atoms with Gasteiger partial charge >= 0.3 is 0 Å². The van der Waals surface area contributed by atoms with Gasteiger partial charge in [0.25, 0.3) is 0 Å². The van der Waals surface area contributed by atoms with E-state index in [1.54, 1.807) is 7.11 Å². The van der Waals surface area contributed by atoms with Crippen LogP contribution in [-0.2, 0) is 4.74 Å². The van der Waals surface area contributed by atoms with Crippen molar-refractivity contribution in [2.75, 3.05) is 19.1 Å². The van der Waals surface area contributed by atoms with Crippen LogP contribution in [0, 0.1) is 0 Å². The minimum absolute atomic E-state index is 0.258. The van der Waals surface area contributed by atoms with Crippen LogP contribution in [0.2, 0.25) is 0 Å². The molecule has 0 saturated carbocycles. The molecule has 1 aromatic carbocycles. The third kappa shape index (κ3) is 3.41. The van der Waals surface area contributed by atoms with Gasteiger partial charge in [0.2, 0.25) is 0 Å². The summed E-state index contributed by atoms with van der Waals surface area (Å²) in [6, 6.07) is 10.4. The SMILES string of the molecule is COC(CCSC)c1ccccc1. The minimum atomic E-state index is 0.258. The molecular formula is C11H16OS. The Kier molecular flexibility index (Phi) is 4.94. The first-order chi connectivity index (χ1) is 6.38. The predicted molar refractivity (Wildman–Crippen MR) is 59.2 cm³/mol. The van der Waals surface area contributed by atoms with Crippen molar-refractivity contribution >= 4 is 11.8 Å². The Morgan fingerprint density at radius 2 is 2.00 bits per heavy atom. The van der Waals surface area contributed by atoms with Gasteiger partial charge in [0.05, 0.1) is 6.10 Å². The fourth-order valence-corrected chi connectivity index (χ4v) is 1.76. The maximum Gasteiger partial charge on any atom is 0.0829 e. The Labute approximate surface area is 84.5 Å². The normalized spacial score (nSPS) is 12.8. The molecule has 0 radical (unpaired) electrons. The number of hydrogen-bond donors (Lipinski definition) is 0. The zero-order valence-corrected chi connectivity index (χ0v) is 9.01. The van der Waals surface area contributed by atoms with Gasteiger partial charge in [-0.1, -0.05) is 30.3 Å². The summed E-state index contributed by atoms with van der Waals surface area (Å²) in [7, 11) is 1.78. The van der Waals surface area contributed by atoms with Crippen LogP contribution < -0.4 is 0 Å². The van der Waals surface area contributed by atoms with Gasteiger partial charge in [-0.25, -0.2) is 0 Å². The molecule has 1 nitrogen and oxygen atoms in total. The Balaban J connectivity index is 2.56. The molecule has 0 heterocycles. The molecule has 72 valence electrons. The highest BCUT2D eigenvalue weighted by Gasteiger charge is 2.08. The molecular weight excluding hydrogens is 180 g/mol. The number of rotatable bonds is 5. The average Bonchev–Trinajstić information content (AvgIpc) is 2.21. The summed E-state index contributed by atoms with van der Waals surface area (Å²) in [6.07, 6.45) is 3.47. The number of thioether (sulfide) groups is 1. The van der Waals surface area contributed by atoms with Crippen LogP contribution in [-0.4, -0.2) is 19.1 Å². The van der Waals surface area contributed by atoms with Gasteiger partial charge < -0.3 is 4.74 Å². The number of ether oxygens (including phenoxy) is 1. The van der Waals surface area contributed by atoms with Crippen molar-refractivity contribution in [3.05, 3.63) is 35.9 Å². The largest absolute Gasteiger partial charge is 0.377 e. The second-order valence-electron chi connectivity index (χ2n) is 2.92. The molecule has 0 amide bonds. The van der Waals surface area contributed by atoms with Crippen LogP contribution in [0.15, 0.2) is 30.3 Å². The first-order valence-electron chi connectivity index (χ1n) is 4.45. The van der Waals surface area contributed by atoms with Gasteiger partial charge in [0.15, 0.2) is 0 Å². The lowest BCUT2D eigenvalue weighted by molar-refractivity contribution is 0.101. The molecule has 0 aliphatic heterocycles. The number of hydrogen-bond acceptors (Lipinski definition) is 2. The van der Waals surface area contributed by atoms with Gasteiger partial charge in [-0.2, -0.15) is 11.8 Å². The van der Waals surface area contributed by atoms with E-state index in [0.717, 1.165) is 12.2 Å². The minimum Gasteiger partial charge on any atom is -0.377 e. The molecule has 13 heavy (non-hydrogen) atoms. The molecule has 1 rings (SSSR count). The van der Waals surface area contributed by atoms with Crippen molar-refractivity contribution in [2.45, 2.75) is 12.5 Å². The summed E-state index contributed by atoms with van der Waals surface area (Å²) < 4.78 is 5.43. The van der Waals surface area contributed by atoms with E-state index in [9.17, 15) is 0 Å². The molecule has 0 fully saturated rings. The lowest BCUT2D eigenvalue weighted by Gasteiger charge is -2.14. The third-order valence-electron chi connectivity index (χ3n) is 2.04. The van der Waals surface area contributed by atoms with Gasteiger partial charge in [0, 0.05) is 7.11 Å². The van der Waals surface area contributed by atoms with Crippen molar-refractivity contribution in [1.82, 2.24) is 0 Å². The molecule has 0 aliphatic rings. The van der Waals surface area contributed by atoms with E-state index in [-0.39, 0.29) is 6.10 Å². The van der Waals surface area contributed by atoms with Crippen LogP contribution in [0.25, 0.3) is 0 Å². The summed E-state index contributed by atoms with van der Waals surface area (Å²) >= 11 is 1.86. The van der Waals surface area contributed by atoms with E-state index in [4.69, 9.17) is 4.74 Å². The maximum absolute atomic E-state index is 5.43. The highest BCUT2D eigenvalue weighted by molar-refractivity contribution is 7.98. The van der Waals surface area contributed by atoms with Crippen LogP contribution in [0.3, 0.4) is 0 Å². The van der Waals surface area contributed by atoms with Crippen molar-refractivity contribution in [3.63, 3.8) is 0 Å². The quantitative estimate of drug-likeness (QED) is 0.715. The van der Waals surface area contributed by atoms with Gasteiger partial charge in [-0.05, 0) is 24.0 Å². The first kappa shape index (κ1) is 10.6. The molecule has 0 N–H and O–H groups in total. The highest BCUT2D eigenvalue weighted by Crippen LogP contribution is 2.21. The predicted octanol–water partition coefficient (Wildman–Crippen LogP) is 3.13. The topological polar surface area (TPSA) is 9.23 Å². The standard InChI is InChI=1S/C11H16OS/c1-12-11(8-9-13-2)10-6-4-3-5-7-10/h3-7,11H,8-9H2,1-2H3. The van der Waals surface area contributed by atoms with E-state index in [2.05, 4.69) is 30.5 Å². The van der Waals surface area contributed by atoms with Crippen LogP contribution in [0.4, 0.5) is 0 Å². The third-order valence-corrected chi connectivity index (χ3v) is 2.68. The molecule has 0 spiro atoms. The Morgan fingerprint density at radius 1 is 1.31 bits per heavy atom. The summed E-state index contributed by atoms with van der Waals surface area (Å²) in [4.78, 5) is 0. The summed E-state index contributed by atoms with van der Waals surface area (Å²) in [5.74, 6) is 1.15. The van der Waals surface area contributed by atoms with Crippen LogP contribution >= 0.6 is 11.8 Å². The summed E-state index contributed by atoms with van der Waals surface area (Å²) in [6.45, 7) is 0. The number of methoxy groups -OCH3 is 1. The van der Waals surface area contributed by atoms with E-state index < -0.39 is 0 Å². The summed E-state index contributed by atoms with van der Waals surface area (Å²) in [5.41, 5.74) is 1.28. The van der Waals surface area contributed by atoms with Crippen molar-refractivity contribution < 1.29 is 4.74 Å². The second-order valence-corrected chi connectivity index (χ2v) is 3.90. The van der Waals surface area contributed by atoms with Gasteiger partial charge in [-0.15, -0.1) is 0 Å².